The Hall–Kier alpha value is -1.06. The van der Waals surface area contributed by atoms with Crippen molar-refractivity contribution in [1.29, 1.82) is 0 Å². The lowest BCUT2D eigenvalue weighted by Gasteiger charge is -2.34. The summed E-state index contributed by atoms with van der Waals surface area (Å²) in [4.78, 5) is 0. The lowest BCUT2D eigenvalue weighted by Crippen LogP contribution is -2.38. The fraction of sp³-hybridized carbons (Fsp3) is 0.600. The molecule has 18 heavy (non-hydrogen) atoms. The molecule has 0 amide bonds. The number of hydrogen-bond acceptors (Lipinski definition) is 3. The van der Waals surface area contributed by atoms with Gasteiger partial charge in [0, 0.05) is 5.56 Å². The third kappa shape index (κ3) is 2.68. The summed E-state index contributed by atoms with van der Waals surface area (Å²) in [5.41, 5.74) is 6.58. The Bertz CT molecular complexity index is 413. The van der Waals surface area contributed by atoms with Crippen LogP contribution < -0.4 is 16.0 Å². The summed E-state index contributed by atoms with van der Waals surface area (Å²) in [5.74, 6) is 6.72. The molecule has 1 rings (SSSR count). The Morgan fingerprint density at radius 1 is 1.33 bits per heavy atom. The molecule has 0 radical (unpaired) electrons. The van der Waals surface area contributed by atoms with Crippen molar-refractivity contribution in [2.45, 2.75) is 47.1 Å². The van der Waals surface area contributed by atoms with Crippen molar-refractivity contribution in [3.63, 3.8) is 0 Å². The zero-order chi connectivity index (χ0) is 13.9. The van der Waals surface area contributed by atoms with Gasteiger partial charge in [-0.05, 0) is 36.8 Å². The summed E-state index contributed by atoms with van der Waals surface area (Å²) in [6, 6.07) is 4.32. The maximum absolute atomic E-state index is 5.77. The summed E-state index contributed by atoms with van der Waals surface area (Å²) in [6.07, 6.45) is 1.04. The molecule has 0 heterocycles. The molecule has 0 saturated heterocycles. The van der Waals surface area contributed by atoms with Crippen molar-refractivity contribution in [2.24, 2.45) is 11.3 Å². The van der Waals surface area contributed by atoms with Crippen LogP contribution in [0.25, 0.3) is 0 Å². The lowest BCUT2D eigenvalue weighted by molar-refractivity contribution is 0.230. The van der Waals surface area contributed by atoms with Crippen molar-refractivity contribution in [1.82, 2.24) is 5.43 Å². The van der Waals surface area contributed by atoms with Crippen LogP contribution in [0.15, 0.2) is 12.1 Å². The van der Waals surface area contributed by atoms with Crippen molar-refractivity contribution in [2.75, 3.05) is 7.11 Å². The number of hydrogen-bond donors (Lipinski definition) is 2. The molecule has 1 atom stereocenters. The van der Waals surface area contributed by atoms with E-state index in [0.29, 0.717) is 0 Å². The van der Waals surface area contributed by atoms with E-state index in [2.05, 4.69) is 52.2 Å². The normalized spacial score (nSPS) is 13.5. The Labute approximate surface area is 111 Å². The Kier molecular flexibility index (Phi) is 4.77. The fourth-order valence-electron chi connectivity index (χ4n) is 2.25. The molecule has 3 heteroatoms. The zero-order valence-corrected chi connectivity index (χ0v) is 12.4. The van der Waals surface area contributed by atoms with Gasteiger partial charge >= 0.3 is 0 Å². The molecule has 0 spiro atoms. The molecule has 0 fully saturated rings. The summed E-state index contributed by atoms with van der Waals surface area (Å²) in [5, 5.41) is 0. The van der Waals surface area contributed by atoms with Crippen LogP contribution in [-0.2, 0) is 0 Å². The predicted molar refractivity (Wildman–Crippen MR) is 76.6 cm³/mol. The van der Waals surface area contributed by atoms with Crippen molar-refractivity contribution in [3.05, 3.63) is 28.8 Å². The topological polar surface area (TPSA) is 47.3 Å². The molecule has 102 valence electrons. The van der Waals surface area contributed by atoms with Crippen LogP contribution in [0.5, 0.6) is 5.75 Å². The Morgan fingerprint density at radius 2 is 1.94 bits per heavy atom. The van der Waals surface area contributed by atoms with E-state index in [4.69, 9.17) is 10.6 Å². The number of methoxy groups -OCH3 is 1. The molecule has 0 aliphatic heterocycles. The first-order chi connectivity index (χ1) is 8.38. The van der Waals surface area contributed by atoms with E-state index in [9.17, 15) is 0 Å². The quantitative estimate of drug-likeness (QED) is 0.623. The average Bonchev–Trinajstić information content (AvgIpc) is 2.34. The molecule has 0 aliphatic carbocycles. The van der Waals surface area contributed by atoms with Gasteiger partial charge < -0.3 is 4.74 Å². The minimum Gasteiger partial charge on any atom is -0.496 e. The first kappa shape index (κ1) is 15.0. The molecule has 3 N–H and O–H groups in total. The van der Waals surface area contributed by atoms with Crippen molar-refractivity contribution >= 4 is 0 Å². The fourth-order valence-corrected chi connectivity index (χ4v) is 2.25. The van der Waals surface area contributed by atoms with Gasteiger partial charge in [0.2, 0.25) is 0 Å². The highest BCUT2D eigenvalue weighted by molar-refractivity contribution is 5.47. The molecule has 0 saturated carbocycles. The molecule has 1 unspecified atom stereocenters. The van der Waals surface area contributed by atoms with Gasteiger partial charge in [-0.3, -0.25) is 11.3 Å². The van der Waals surface area contributed by atoms with Gasteiger partial charge in [-0.1, -0.05) is 32.9 Å². The maximum Gasteiger partial charge on any atom is 0.126 e. The summed E-state index contributed by atoms with van der Waals surface area (Å²) >= 11 is 0. The van der Waals surface area contributed by atoms with Crippen molar-refractivity contribution < 1.29 is 4.74 Å². The highest BCUT2D eigenvalue weighted by Gasteiger charge is 2.31. The first-order valence-electron chi connectivity index (χ1n) is 6.49. The van der Waals surface area contributed by atoms with Gasteiger partial charge in [0.05, 0.1) is 13.2 Å². The highest BCUT2D eigenvalue weighted by Crippen LogP contribution is 2.41. The molecule has 1 aromatic rings. The summed E-state index contributed by atoms with van der Waals surface area (Å²) in [7, 11) is 1.72. The second-order valence-corrected chi connectivity index (χ2v) is 5.57. The second-order valence-electron chi connectivity index (χ2n) is 5.57. The van der Waals surface area contributed by atoms with E-state index in [1.165, 1.54) is 11.1 Å². The molecule has 0 aliphatic rings. The van der Waals surface area contributed by atoms with Crippen LogP contribution >= 0.6 is 0 Å². The monoisotopic (exact) mass is 250 g/mol. The number of ether oxygens (including phenoxy) is 1. The van der Waals surface area contributed by atoms with Gasteiger partial charge in [-0.2, -0.15) is 0 Å². The van der Waals surface area contributed by atoms with Crippen LogP contribution in [0.2, 0.25) is 0 Å². The van der Waals surface area contributed by atoms with E-state index in [1.54, 1.807) is 7.11 Å². The van der Waals surface area contributed by atoms with Crippen LogP contribution in [0.4, 0.5) is 0 Å². The minimum absolute atomic E-state index is 0.0731. The van der Waals surface area contributed by atoms with E-state index >= 15 is 0 Å². The number of nitrogens with one attached hydrogen (secondary N) is 1. The Morgan fingerprint density at radius 3 is 2.39 bits per heavy atom. The maximum atomic E-state index is 5.77. The third-order valence-corrected chi connectivity index (χ3v) is 4.08. The number of nitrogens with two attached hydrogens (primary N) is 1. The zero-order valence-electron chi connectivity index (χ0n) is 12.4. The van der Waals surface area contributed by atoms with Crippen LogP contribution in [0, 0.1) is 19.3 Å². The van der Waals surface area contributed by atoms with Gasteiger partial charge in [0.15, 0.2) is 0 Å². The SMILES string of the molecule is CCC(C)(C)C(NN)c1ccc(C)c(C)c1OC. The minimum atomic E-state index is 0.0731. The second kappa shape index (κ2) is 5.72. The van der Waals surface area contributed by atoms with E-state index in [1.807, 2.05) is 0 Å². The molecule has 1 aromatic carbocycles. The molecule has 0 bridgehead atoms. The highest BCUT2D eigenvalue weighted by atomic mass is 16.5. The summed E-state index contributed by atoms with van der Waals surface area (Å²) < 4.78 is 5.58. The molecular formula is C15H26N2O. The first-order valence-corrected chi connectivity index (χ1v) is 6.49. The smallest absolute Gasteiger partial charge is 0.126 e. The molecule has 3 nitrogen and oxygen atoms in total. The van der Waals surface area contributed by atoms with Crippen LogP contribution in [0.1, 0.15) is 49.9 Å². The standard InChI is InChI=1S/C15H26N2O/c1-7-15(4,5)14(17-16)12-9-8-10(2)11(3)13(12)18-6/h8-9,14,17H,7,16H2,1-6H3. The van der Waals surface area contributed by atoms with E-state index < -0.39 is 0 Å². The third-order valence-electron chi connectivity index (χ3n) is 4.08. The van der Waals surface area contributed by atoms with E-state index in [-0.39, 0.29) is 11.5 Å². The van der Waals surface area contributed by atoms with Crippen LogP contribution in [0.3, 0.4) is 0 Å². The Balaban J connectivity index is 3.35. The van der Waals surface area contributed by atoms with Crippen LogP contribution in [-0.4, -0.2) is 7.11 Å². The average molecular weight is 250 g/mol. The van der Waals surface area contributed by atoms with E-state index in [0.717, 1.165) is 17.7 Å². The van der Waals surface area contributed by atoms with Gasteiger partial charge in [-0.25, -0.2) is 0 Å². The molecular weight excluding hydrogens is 224 g/mol. The summed E-state index contributed by atoms with van der Waals surface area (Å²) in [6.45, 7) is 10.8. The predicted octanol–water partition coefficient (Wildman–Crippen LogP) is 3.25. The molecule has 0 aromatic heterocycles. The largest absolute Gasteiger partial charge is 0.496 e. The van der Waals surface area contributed by atoms with Gasteiger partial charge in [0.1, 0.15) is 5.75 Å². The number of aryl methyl sites for hydroxylation is 1. The number of benzene rings is 1. The number of rotatable bonds is 5. The van der Waals surface area contributed by atoms with Gasteiger partial charge in [-0.15, -0.1) is 0 Å². The van der Waals surface area contributed by atoms with Gasteiger partial charge in [0.25, 0.3) is 0 Å². The number of hydrazine groups is 1. The lowest BCUT2D eigenvalue weighted by atomic mass is 9.78. The van der Waals surface area contributed by atoms with Crippen molar-refractivity contribution in [3.8, 4) is 5.75 Å².